The molecule has 3 nitrogen and oxygen atoms in total. The van der Waals surface area contributed by atoms with Gasteiger partial charge in [-0.15, -0.1) is 0 Å². The van der Waals surface area contributed by atoms with Crippen LogP contribution in [0.2, 0.25) is 0 Å². The van der Waals surface area contributed by atoms with Crippen molar-refractivity contribution in [3.63, 3.8) is 0 Å². The van der Waals surface area contributed by atoms with Crippen LogP contribution in [-0.4, -0.2) is 47.5 Å². The predicted octanol–water partition coefficient (Wildman–Crippen LogP) is 1.73. The monoisotopic (exact) mass is 244 g/mol. The van der Waals surface area contributed by atoms with Crippen molar-refractivity contribution in [1.82, 2.24) is 10.2 Å². The van der Waals surface area contributed by atoms with Crippen molar-refractivity contribution in [2.75, 3.05) is 24.6 Å². The second kappa shape index (κ2) is 7.17. The third-order valence-electron chi connectivity index (χ3n) is 3.15. The van der Waals surface area contributed by atoms with Gasteiger partial charge in [-0.1, -0.05) is 0 Å². The maximum atomic E-state index is 12.0. The molecule has 0 aromatic carbocycles. The maximum Gasteiger partial charge on any atom is 0.239 e. The van der Waals surface area contributed by atoms with Gasteiger partial charge in [-0.2, -0.15) is 11.8 Å². The second-order valence-corrected chi connectivity index (χ2v) is 5.51. The summed E-state index contributed by atoms with van der Waals surface area (Å²) in [7, 11) is 0. The van der Waals surface area contributed by atoms with Crippen LogP contribution in [0.15, 0.2) is 0 Å². The minimum Gasteiger partial charge on any atom is -0.342 e. The molecule has 0 aromatic rings. The lowest BCUT2D eigenvalue weighted by Crippen LogP contribution is -2.49. The van der Waals surface area contributed by atoms with Gasteiger partial charge in [-0.05, 0) is 45.1 Å². The van der Waals surface area contributed by atoms with Crippen molar-refractivity contribution >= 4 is 17.7 Å². The van der Waals surface area contributed by atoms with E-state index in [0.29, 0.717) is 6.04 Å². The minimum absolute atomic E-state index is 0.0343. The van der Waals surface area contributed by atoms with Gasteiger partial charge in [0.05, 0.1) is 6.04 Å². The number of thioether (sulfide) groups is 1. The molecule has 16 heavy (non-hydrogen) atoms. The van der Waals surface area contributed by atoms with Gasteiger partial charge in [0.15, 0.2) is 0 Å². The Morgan fingerprint density at radius 1 is 1.38 bits per heavy atom. The van der Waals surface area contributed by atoms with Crippen molar-refractivity contribution in [2.24, 2.45) is 0 Å². The molecular formula is C12H24N2OS. The fourth-order valence-corrected chi connectivity index (χ4v) is 3.20. The highest BCUT2D eigenvalue weighted by molar-refractivity contribution is 7.99. The van der Waals surface area contributed by atoms with Crippen molar-refractivity contribution in [3.8, 4) is 0 Å². The molecule has 1 N–H and O–H groups in total. The Kier molecular flexibility index (Phi) is 6.21. The summed E-state index contributed by atoms with van der Waals surface area (Å²) in [6.07, 6.45) is 2.39. The Hall–Kier alpha value is -0.220. The lowest BCUT2D eigenvalue weighted by molar-refractivity contribution is -0.132. The standard InChI is InChI=1S/C12H24N2OS/c1-4-14(5-2)12(15)10(3)13-11-6-8-16-9-7-11/h10-11,13H,4-9H2,1-3H3. The highest BCUT2D eigenvalue weighted by Crippen LogP contribution is 2.17. The molecule has 1 saturated heterocycles. The minimum atomic E-state index is -0.0343. The molecule has 1 unspecified atom stereocenters. The third kappa shape index (κ3) is 3.98. The van der Waals surface area contributed by atoms with Gasteiger partial charge < -0.3 is 10.2 Å². The van der Waals surface area contributed by atoms with Crippen LogP contribution < -0.4 is 5.32 Å². The summed E-state index contributed by atoms with van der Waals surface area (Å²) in [5.74, 6) is 2.69. The van der Waals surface area contributed by atoms with E-state index in [4.69, 9.17) is 0 Å². The summed E-state index contributed by atoms with van der Waals surface area (Å²) >= 11 is 2.01. The van der Waals surface area contributed by atoms with E-state index in [2.05, 4.69) is 5.32 Å². The van der Waals surface area contributed by atoms with Gasteiger partial charge in [0, 0.05) is 19.1 Å². The largest absolute Gasteiger partial charge is 0.342 e. The number of nitrogens with zero attached hydrogens (tertiary/aromatic N) is 1. The molecule has 1 fully saturated rings. The Balaban J connectivity index is 2.37. The van der Waals surface area contributed by atoms with E-state index in [-0.39, 0.29) is 11.9 Å². The molecule has 0 radical (unpaired) electrons. The van der Waals surface area contributed by atoms with Crippen LogP contribution in [-0.2, 0) is 4.79 Å². The molecule has 4 heteroatoms. The summed E-state index contributed by atoms with van der Waals surface area (Å²) < 4.78 is 0. The Morgan fingerprint density at radius 2 is 1.94 bits per heavy atom. The number of amides is 1. The summed E-state index contributed by atoms with van der Waals surface area (Å²) in [5, 5.41) is 3.46. The summed E-state index contributed by atoms with van der Waals surface area (Å²) in [5.41, 5.74) is 0. The topological polar surface area (TPSA) is 32.3 Å². The van der Waals surface area contributed by atoms with Gasteiger partial charge in [0.2, 0.25) is 5.91 Å². The van der Waals surface area contributed by atoms with E-state index in [1.165, 1.54) is 24.3 Å². The van der Waals surface area contributed by atoms with E-state index >= 15 is 0 Å². The number of rotatable bonds is 5. The van der Waals surface area contributed by atoms with E-state index in [0.717, 1.165) is 13.1 Å². The number of carbonyl (C=O) groups is 1. The number of nitrogens with one attached hydrogen (secondary N) is 1. The van der Waals surface area contributed by atoms with E-state index in [1.807, 2.05) is 37.4 Å². The molecule has 0 bridgehead atoms. The number of hydrogen-bond acceptors (Lipinski definition) is 3. The Labute approximate surface area is 103 Å². The van der Waals surface area contributed by atoms with E-state index < -0.39 is 0 Å². The molecule has 94 valence electrons. The average molecular weight is 244 g/mol. The molecule has 1 heterocycles. The quantitative estimate of drug-likeness (QED) is 0.799. The molecule has 1 aliphatic heterocycles. The van der Waals surface area contributed by atoms with Crippen molar-refractivity contribution in [1.29, 1.82) is 0 Å². The molecule has 1 rings (SSSR count). The Morgan fingerprint density at radius 3 is 2.44 bits per heavy atom. The van der Waals surface area contributed by atoms with Crippen molar-refractivity contribution in [2.45, 2.75) is 45.7 Å². The zero-order valence-electron chi connectivity index (χ0n) is 10.7. The number of hydrogen-bond donors (Lipinski definition) is 1. The van der Waals surface area contributed by atoms with Crippen molar-refractivity contribution < 1.29 is 4.79 Å². The van der Waals surface area contributed by atoms with E-state index in [1.54, 1.807) is 0 Å². The second-order valence-electron chi connectivity index (χ2n) is 4.29. The number of carbonyl (C=O) groups excluding carboxylic acids is 1. The average Bonchev–Trinajstić information content (AvgIpc) is 2.31. The molecule has 1 aliphatic rings. The van der Waals surface area contributed by atoms with Gasteiger partial charge in [0.25, 0.3) is 0 Å². The first kappa shape index (κ1) is 13.8. The number of likely N-dealkylation sites (N-methyl/N-ethyl adjacent to an activating group) is 1. The summed E-state index contributed by atoms with van der Waals surface area (Å²) in [6.45, 7) is 7.67. The first-order chi connectivity index (χ1) is 7.69. The predicted molar refractivity (Wildman–Crippen MR) is 70.9 cm³/mol. The van der Waals surface area contributed by atoms with Gasteiger partial charge >= 0.3 is 0 Å². The summed E-state index contributed by atoms with van der Waals surface area (Å²) in [4.78, 5) is 13.9. The lowest BCUT2D eigenvalue weighted by atomic mass is 10.1. The summed E-state index contributed by atoms with van der Waals surface area (Å²) in [6, 6.07) is 0.503. The van der Waals surface area contributed by atoms with Crippen LogP contribution in [0.1, 0.15) is 33.6 Å². The zero-order valence-corrected chi connectivity index (χ0v) is 11.5. The van der Waals surface area contributed by atoms with Crippen LogP contribution in [0.5, 0.6) is 0 Å². The fourth-order valence-electron chi connectivity index (χ4n) is 2.10. The van der Waals surface area contributed by atoms with Crippen LogP contribution in [0.3, 0.4) is 0 Å². The third-order valence-corrected chi connectivity index (χ3v) is 4.20. The SMILES string of the molecule is CCN(CC)C(=O)C(C)NC1CCSCC1. The van der Waals surface area contributed by atoms with Gasteiger partial charge in [-0.3, -0.25) is 4.79 Å². The molecule has 0 aromatic heterocycles. The van der Waals surface area contributed by atoms with Gasteiger partial charge in [-0.25, -0.2) is 0 Å². The normalized spacial score (nSPS) is 19.4. The first-order valence-corrected chi connectivity index (χ1v) is 7.47. The van der Waals surface area contributed by atoms with Crippen LogP contribution in [0.25, 0.3) is 0 Å². The van der Waals surface area contributed by atoms with E-state index in [9.17, 15) is 4.79 Å². The van der Waals surface area contributed by atoms with Crippen LogP contribution >= 0.6 is 11.8 Å². The van der Waals surface area contributed by atoms with Crippen molar-refractivity contribution in [3.05, 3.63) is 0 Å². The molecule has 0 aliphatic carbocycles. The van der Waals surface area contributed by atoms with Gasteiger partial charge in [0.1, 0.15) is 0 Å². The lowest BCUT2D eigenvalue weighted by Gasteiger charge is -2.29. The van der Waals surface area contributed by atoms with Crippen LogP contribution in [0.4, 0.5) is 0 Å². The molecule has 0 spiro atoms. The maximum absolute atomic E-state index is 12.0. The smallest absolute Gasteiger partial charge is 0.239 e. The molecular weight excluding hydrogens is 220 g/mol. The highest BCUT2D eigenvalue weighted by atomic mass is 32.2. The highest BCUT2D eigenvalue weighted by Gasteiger charge is 2.22. The molecule has 1 amide bonds. The fraction of sp³-hybridized carbons (Fsp3) is 0.917. The first-order valence-electron chi connectivity index (χ1n) is 6.31. The molecule has 1 atom stereocenters. The van der Waals surface area contributed by atoms with Crippen LogP contribution in [0, 0.1) is 0 Å². The Bertz CT molecular complexity index is 213. The molecule has 0 saturated carbocycles. The zero-order chi connectivity index (χ0) is 12.0.